The molecule has 0 fully saturated rings. The van der Waals surface area contributed by atoms with Crippen molar-refractivity contribution in [1.82, 2.24) is 0 Å². The third-order valence-corrected chi connectivity index (χ3v) is 6.27. The van der Waals surface area contributed by atoms with Crippen molar-refractivity contribution >= 4 is 56.6 Å². The molecule has 0 unspecified atom stereocenters. The van der Waals surface area contributed by atoms with Gasteiger partial charge >= 0.3 is 0 Å². The summed E-state index contributed by atoms with van der Waals surface area (Å²) in [5.41, 5.74) is 2.60. The molecule has 0 radical (unpaired) electrons. The first-order valence-corrected chi connectivity index (χ1v) is 11.6. The van der Waals surface area contributed by atoms with E-state index in [9.17, 15) is 9.59 Å². The van der Waals surface area contributed by atoms with E-state index >= 15 is 0 Å². The molecule has 4 aromatic carbocycles. The predicted molar refractivity (Wildman–Crippen MR) is 141 cm³/mol. The van der Waals surface area contributed by atoms with Crippen molar-refractivity contribution in [1.29, 1.82) is 0 Å². The number of nitrogens with zero attached hydrogens (tertiary/aromatic N) is 1. The molecule has 4 rings (SSSR count). The van der Waals surface area contributed by atoms with Crippen molar-refractivity contribution in [2.45, 2.75) is 6.92 Å². The third kappa shape index (κ3) is 4.85. The Morgan fingerprint density at radius 3 is 2.30 bits per heavy atom. The lowest BCUT2D eigenvalue weighted by Gasteiger charge is -2.23. The Labute approximate surface area is 206 Å². The SMILES string of the molecule is CCN(C(=O)c1ccc(NC(=O)c2ccc(OC)c(I)c2)cc1)c1cccc2ccccc12. The lowest BCUT2D eigenvalue weighted by atomic mass is 10.1. The number of benzene rings is 4. The summed E-state index contributed by atoms with van der Waals surface area (Å²) >= 11 is 2.13. The monoisotopic (exact) mass is 550 g/mol. The number of nitrogens with one attached hydrogen (secondary N) is 1. The topological polar surface area (TPSA) is 58.6 Å². The van der Waals surface area contributed by atoms with Crippen LogP contribution >= 0.6 is 22.6 Å². The van der Waals surface area contributed by atoms with Gasteiger partial charge < -0.3 is 15.0 Å². The molecule has 0 spiro atoms. The first-order chi connectivity index (χ1) is 16.0. The maximum Gasteiger partial charge on any atom is 0.258 e. The number of rotatable bonds is 6. The van der Waals surface area contributed by atoms with E-state index in [2.05, 4.69) is 27.9 Å². The van der Waals surface area contributed by atoms with Crippen molar-refractivity contribution in [2.24, 2.45) is 0 Å². The van der Waals surface area contributed by atoms with Crippen LogP contribution < -0.4 is 15.0 Å². The van der Waals surface area contributed by atoms with Gasteiger partial charge in [0, 0.05) is 28.7 Å². The molecule has 166 valence electrons. The highest BCUT2D eigenvalue weighted by Gasteiger charge is 2.18. The zero-order valence-corrected chi connectivity index (χ0v) is 20.5. The van der Waals surface area contributed by atoms with Crippen molar-refractivity contribution in [2.75, 3.05) is 23.9 Å². The lowest BCUT2D eigenvalue weighted by Crippen LogP contribution is -2.30. The zero-order valence-electron chi connectivity index (χ0n) is 18.3. The molecule has 1 N–H and O–H groups in total. The first kappa shape index (κ1) is 22.8. The Balaban J connectivity index is 1.53. The number of carbonyl (C=O) groups excluding carboxylic acids is 2. The molecule has 0 aliphatic heterocycles. The molecule has 0 atom stereocenters. The smallest absolute Gasteiger partial charge is 0.258 e. The van der Waals surface area contributed by atoms with Crippen LogP contribution in [0.25, 0.3) is 10.8 Å². The van der Waals surface area contributed by atoms with Crippen LogP contribution in [-0.2, 0) is 0 Å². The zero-order chi connectivity index (χ0) is 23.4. The Hall–Kier alpha value is -3.39. The second-order valence-electron chi connectivity index (χ2n) is 7.43. The van der Waals surface area contributed by atoms with Crippen LogP contribution in [-0.4, -0.2) is 25.5 Å². The van der Waals surface area contributed by atoms with Gasteiger partial charge in [-0.15, -0.1) is 0 Å². The van der Waals surface area contributed by atoms with E-state index in [1.165, 1.54) is 0 Å². The highest BCUT2D eigenvalue weighted by Crippen LogP contribution is 2.28. The van der Waals surface area contributed by atoms with Gasteiger partial charge in [-0.05, 0) is 83.4 Å². The Bertz CT molecular complexity index is 1310. The molecule has 33 heavy (non-hydrogen) atoms. The summed E-state index contributed by atoms with van der Waals surface area (Å²) in [6.07, 6.45) is 0. The maximum absolute atomic E-state index is 13.3. The largest absolute Gasteiger partial charge is 0.496 e. The fourth-order valence-corrected chi connectivity index (χ4v) is 4.47. The van der Waals surface area contributed by atoms with E-state index in [1.807, 2.05) is 49.4 Å². The number of carbonyl (C=O) groups is 2. The van der Waals surface area contributed by atoms with E-state index < -0.39 is 0 Å². The van der Waals surface area contributed by atoms with E-state index in [0.717, 1.165) is 25.8 Å². The minimum Gasteiger partial charge on any atom is -0.496 e. The van der Waals surface area contributed by atoms with Crippen LogP contribution in [0.15, 0.2) is 84.9 Å². The fourth-order valence-electron chi connectivity index (χ4n) is 3.73. The van der Waals surface area contributed by atoms with E-state index in [-0.39, 0.29) is 11.8 Å². The van der Waals surface area contributed by atoms with Gasteiger partial charge in [-0.2, -0.15) is 0 Å². The second-order valence-corrected chi connectivity index (χ2v) is 8.59. The van der Waals surface area contributed by atoms with Crippen molar-refractivity contribution < 1.29 is 14.3 Å². The number of ether oxygens (including phenoxy) is 1. The molecule has 4 aromatic rings. The van der Waals surface area contributed by atoms with E-state index in [0.29, 0.717) is 23.4 Å². The fraction of sp³-hybridized carbons (Fsp3) is 0.111. The second kappa shape index (κ2) is 10.0. The third-order valence-electron chi connectivity index (χ3n) is 5.42. The Morgan fingerprint density at radius 1 is 0.909 bits per heavy atom. The molecule has 0 aliphatic rings. The molecule has 0 heterocycles. The lowest BCUT2D eigenvalue weighted by molar-refractivity contribution is 0.0987. The van der Waals surface area contributed by atoms with E-state index in [4.69, 9.17) is 4.74 Å². The van der Waals surface area contributed by atoms with Gasteiger partial charge in [0.05, 0.1) is 16.4 Å². The Morgan fingerprint density at radius 2 is 1.61 bits per heavy atom. The number of fused-ring (bicyclic) bond motifs is 1. The number of methoxy groups -OCH3 is 1. The first-order valence-electron chi connectivity index (χ1n) is 10.6. The van der Waals surface area contributed by atoms with Crippen LogP contribution in [0.1, 0.15) is 27.6 Å². The summed E-state index contributed by atoms with van der Waals surface area (Å²) in [6, 6.07) is 26.2. The molecule has 0 aliphatic carbocycles. The van der Waals surface area contributed by atoms with Crippen LogP contribution in [0.5, 0.6) is 5.75 Å². The summed E-state index contributed by atoms with van der Waals surface area (Å²) in [4.78, 5) is 27.7. The highest BCUT2D eigenvalue weighted by atomic mass is 127. The molecular weight excluding hydrogens is 527 g/mol. The number of anilines is 2. The summed E-state index contributed by atoms with van der Waals surface area (Å²) in [5, 5.41) is 5.01. The number of amides is 2. The molecule has 0 saturated carbocycles. The highest BCUT2D eigenvalue weighted by molar-refractivity contribution is 14.1. The summed E-state index contributed by atoms with van der Waals surface area (Å²) < 4.78 is 6.10. The van der Waals surface area contributed by atoms with Gasteiger partial charge in [-0.1, -0.05) is 36.4 Å². The number of hydrogen-bond acceptors (Lipinski definition) is 3. The van der Waals surface area contributed by atoms with Gasteiger partial charge in [0.2, 0.25) is 0 Å². The minimum absolute atomic E-state index is 0.0866. The number of halogens is 1. The average molecular weight is 550 g/mol. The van der Waals surface area contributed by atoms with Crippen molar-refractivity contribution in [3.05, 3.63) is 99.6 Å². The summed E-state index contributed by atoms with van der Waals surface area (Å²) in [7, 11) is 1.60. The standard InChI is InChI=1S/C27H23IN2O3/c1-3-30(24-10-6-8-18-7-4-5-9-22(18)24)27(32)19-11-14-21(15-12-19)29-26(31)20-13-16-25(33-2)23(28)17-20/h4-17H,3H2,1-2H3,(H,29,31). The molecule has 5 nitrogen and oxygen atoms in total. The van der Waals surface area contributed by atoms with Crippen LogP contribution in [0.2, 0.25) is 0 Å². The van der Waals surface area contributed by atoms with Crippen LogP contribution in [0.3, 0.4) is 0 Å². The Kier molecular flexibility index (Phi) is 6.93. The van der Waals surface area contributed by atoms with Crippen molar-refractivity contribution in [3.63, 3.8) is 0 Å². The van der Waals surface area contributed by atoms with Gasteiger partial charge in [-0.3, -0.25) is 9.59 Å². The van der Waals surface area contributed by atoms with Crippen LogP contribution in [0.4, 0.5) is 11.4 Å². The minimum atomic E-state index is -0.222. The van der Waals surface area contributed by atoms with Gasteiger partial charge in [0.25, 0.3) is 11.8 Å². The average Bonchev–Trinajstić information content (AvgIpc) is 2.85. The van der Waals surface area contributed by atoms with Gasteiger partial charge in [0.15, 0.2) is 0 Å². The summed E-state index contributed by atoms with van der Waals surface area (Å²) in [6.45, 7) is 2.51. The maximum atomic E-state index is 13.3. The molecular formula is C27H23IN2O3. The molecule has 0 bridgehead atoms. The summed E-state index contributed by atoms with van der Waals surface area (Å²) in [5.74, 6) is 0.415. The van der Waals surface area contributed by atoms with Gasteiger partial charge in [-0.25, -0.2) is 0 Å². The predicted octanol–water partition coefficient (Wildman–Crippen LogP) is 6.37. The van der Waals surface area contributed by atoms with E-state index in [1.54, 1.807) is 54.5 Å². The van der Waals surface area contributed by atoms with Gasteiger partial charge in [0.1, 0.15) is 5.75 Å². The number of hydrogen-bond donors (Lipinski definition) is 1. The molecule has 6 heteroatoms. The quantitative estimate of drug-likeness (QED) is 0.284. The molecule has 0 aromatic heterocycles. The van der Waals surface area contributed by atoms with Crippen molar-refractivity contribution in [3.8, 4) is 5.75 Å². The molecule has 2 amide bonds. The normalized spacial score (nSPS) is 10.6. The van der Waals surface area contributed by atoms with Crippen LogP contribution in [0, 0.1) is 3.57 Å². The molecule has 0 saturated heterocycles.